The summed E-state index contributed by atoms with van der Waals surface area (Å²) in [5.74, 6) is 0. The van der Waals surface area contributed by atoms with Crippen molar-refractivity contribution < 1.29 is 39.1 Å². The molecule has 2 aromatic rings. The van der Waals surface area contributed by atoms with Crippen molar-refractivity contribution in [2.24, 2.45) is 0 Å². The van der Waals surface area contributed by atoms with Gasteiger partial charge in [-0.15, -0.1) is 0 Å². The van der Waals surface area contributed by atoms with Crippen molar-refractivity contribution in [1.82, 2.24) is 0 Å². The molecule has 0 aliphatic rings. The minimum atomic E-state index is -2.28. The molecule has 8 N–H and O–H groups in total. The van der Waals surface area contributed by atoms with E-state index < -0.39 is 33.5 Å². The Morgan fingerprint density at radius 2 is 0.643 bits per heavy atom. The van der Waals surface area contributed by atoms with E-state index in [1.165, 1.54) is 0 Å². The minimum Gasteiger partial charge on any atom is -0.350 e. The Morgan fingerprint density at radius 3 is 0.821 bits per heavy atom. The predicted octanol–water partition coefficient (Wildman–Crippen LogP) is 2.54. The molecule has 0 aromatic heterocycles. The van der Waals surface area contributed by atoms with Crippen molar-refractivity contribution in [1.29, 1.82) is 0 Å². The zero-order chi connectivity index (χ0) is 20.8. The molecular formula is C16H22O8P4. The fourth-order valence-corrected chi connectivity index (χ4v) is 5.36. The van der Waals surface area contributed by atoms with E-state index >= 15 is 0 Å². The molecule has 0 amide bonds. The van der Waals surface area contributed by atoms with Crippen molar-refractivity contribution in [3.8, 4) is 11.1 Å². The maximum atomic E-state index is 9.55. The average molecular weight is 466 g/mol. The summed E-state index contributed by atoms with van der Waals surface area (Å²) in [5.41, 5.74) is 3.21. The van der Waals surface area contributed by atoms with Crippen LogP contribution in [-0.4, -0.2) is 39.1 Å². The molecular weight excluding hydrogens is 444 g/mol. The largest absolute Gasteiger partial charge is 0.350 e. The number of rotatable bonds is 9. The highest BCUT2D eigenvalue weighted by Crippen LogP contribution is 2.46. The Balaban J connectivity index is 2.78. The first kappa shape index (κ1) is 24.1. The first-order valence-corrected chi connectivity index (χ1v) is 13.7. The molecule has 154 valence electrons. The molecule has 8 nitrogen and oxygen atoms in total. The molecule has 0 aliphatic carbocycles. The smallest absolute Gasteiger partial charge is 0.169 e. The first-order valence-electron chi connectivity index (χ1n) is 8.02. The molecule has 0 saturated heterocycles. The van der Waals surface area contributed by atoms with Gasteiger partial charge in [0.15, 0.2) is 33.5 Å². The fraction of sp³-hybridized carbons (Fsp3) is 0.250. The molecule has 0 saturated carbocycles. The van der Waals surface area contributed by atoms with Crippen molar-refractivity contribution in [3.63, 3.8) is 0 Å². The molecule has 2 aromatic carbocycles. The van der Waals surface area contributed by atoms with Crippen LogP contribution in [0.2, 0.25) is 0 Å². The Labute approximate surface area is 167 Å². The van der Waals surface area contributed by atoms with Crippen LogP contribution in [-0.2, 0) is 24.6 Å². The monoisotopic (exact) mass is 466 g/mol. The highest BCUT2D eigenvalue weighted by atomic mass is 31.2. The normalized spacial score (nSPS) is 12.0. The molecule has 0 atom stereocenters. The van der Waals surface area contributed by atoms with E-state index in [1.807, 2.05) is 0 Å². The lowest BCUT2D eigenvalue weighted by molar-refractivity contribution is 0.479. The lowest BCUT2D eigenvalue weighted by atomic mass is 9.89. The van der Waals surface area contributed by atoms with Gasteiger partial charge in [-0.2, -0.15) is 0 Å². The summed E-state index contributed by atoms with van der Waals surface area (Å²) in [6.45, 7) is 0. The van der Waals surface area contributed by atoms with Crippen LogP contribution in [0.3, 0.4) is 0 Å². The highest BCUT2D eigenvalue weighted by Gasteiger charge is 2.22. The SMILES string of the molecule is OP(O)Cc1cccc(CP(O)O)c1-c1c(CP(O)O)cccc1CP(O)O. The third-order valence-electron chi connectivity index (χ3n) is 3.97. The van der Waals surface area contributed by atoms with Gasteiger partial charge in [0.2, 0.25) is 0 Å². The van der Waals surface area contributed by atoms with Gasteiger partial charge in [0.05, 0.1) is 0 Å². The molecule has 0 radical (unpaired) electrons. The summed E-state index contributed by atoms with van der Waals surface area (Å²) in [6, 6.07) is 10.1. The van der Waals surface area contributed by atoms with Crippen LogP contribution in [0.5, 0.6) is 0 Å². The number of benzene rings is 2. The summed E-state index contributed by atoms with van der Waals surface area (Å²) in [5, 5.41) is 0. The highest BCUT2D eigenvalue weighted by molar-refractivity contribution is 7.45. The van der Waals surface area contributed by atoms with Gasteiger partial charge >= 0.3 is 0 Å². The maximum Gasteiger partial charge on any atom is 0.169 e. The van der Waals surface area contributed by atoms with Crippen LogP contribution in [0.25, 0.3) is 11.1 Å². The minimum absolute atomic E-state index is 0.0684. The van der Waals surface area contributed by atoms with E-state index in [4.69, 9.17) is 0 Å². The van der Waals surface area contributed by atoms with Gasteiger partial charge in [-0.3, -0.25) is 0 Å². The van der Waals surface area contributed by atoms with Crippen LogP contribution in [0.1, 0.15) is 22.3 Å². The second-order valence-corrected chi connectivity index (χ2v) is 10.3. The van der Waals surface area contributed by atoms with Crippen LogP contribution in [0.15, 0.2) is 36.4 Å². The zero-order valence-corrected chi connectivity index (χ0v) is 18.2. The molecule has 0 aliphatic heterocycles. The van der Waals surface area contributed by atoms with Crippen molar-refractivity contribution >= 4 is 33.5 Å². The van der Waals surface area contributed by atoms with Gasteiger partial charge < -0.3 is 39.1 Å². The Hall–Kier alpha value is -0.160. The topological polar surface area (TPSA) is 162 Å². The third kappa shape index (κ3) is 6.97. The second-order valence-electron chi connectivity index (χ2n) is 6.02. The second kappa shape index (κ2) is 11.3. The van der Waals surface area contributed by atoms with E-state index in [1.54, 1.807) is 36.4 Å². The average Bonchev–Trinajstić information content (AvgIpc) is 2.54. The molecule has 28 heavy (non-hydrogen) atoms. The standard InChI is InChI=1S/C16H22O8P4/c17-25(18)7-11-3-1-4-12(8-26(19)20)15(11)16-13(9-27(21)22)5-2-6-14(16)10-28(23)24/h1-6,17-24H,7-10H2. The van der Waals surface area contributed by atoms with Gasteiger partial charge in [0.1, 0.15) is 0 Å². The van der Waals surface area contributed by atoms with E-state index in [0.717, 1.165) is 0 Å². The van der Waals surface area contributed by atoms with Crippen molar-refractivity contribution in [2.75, 3.05) is 0 Å². The Morgan fingerprint density at radius 1 is 0.429 bits per heavy atom. The van der Waals surface area contributed by atoms with Gasteiger partial charge in [0, 0.05) is 24.6 Å². The third-order valence-corrected chi connectivity index (χ3v) is 6.47. The van der Waals surface area contributed by atoms with Crippen LogP contribution in [0.4, 0.5) is 0 Å². The lowest BCUT2D eigenvalue weighted by Crippen LogP contribution is -2.03. The van der Waals surface area contributed by atoms with E-state index in [9.17, 15) is 39.1 Å². The lowest BCUT2D eigenvalue weighted by Gasteiger charge is -2.22. The van der Waals surface area contributed by atoms with Crippen molar-refractivity contribution in [3.05, 3.63) is 58.7 Å². The quantitative estimate of drug-likeness (QED) is 0.262. The molecule has 0 heterocycles. The molecule has 0 spiro atoms. The maximum absolute atomic E-state index is 9.55. The van der Waals surface area contributed by atoms with E-state index in [2.05, 4.69) is 0 Å². The summed E-state index contributed by atoms with van der Waals surface area (Å²) in [6.07, 6.45) is -0.273. The summed E-state index contributed by atoms with van der Waals surface area (Å²) >= 11 is 0. The summed E-state index contributed by atoms with van der Waals surface area (Å²) in [4.78, 5) is 76.4. The molecule has 2 rings (SSSR count). The fourth-order valence-electron chi connectivity index (χ4n) is 3.09. The Kier molecular flexibility index (Phi) is 9.72. The van der Waals surface area contributed by atoms with Gasteiger partial charge in [-0.25, -0.2) is 0 Å². The Bertz CT molecular complexity index is 663. The summed E-state index contributed by atoms with van der Waals surface area (Å²) < 4.78 is 0. The molecule has 0 unspecified atom stereocenters. The van der Waals surface area contributed by atoms with E-state index in [-0.39, 0.29) is 24.6 Å². The summed E-state index contributed by atoms with van der Waals surface area (Å²) in [7, 11) is -9.11. The first-order chi connectivity index (χ1) is 13.2. The number of hydrogen-bond donors (Lipinski definition) is 8. The van der Waals surface area contributed by atoms with Crippen LogP contribution in [0, 0.1) is 0 Å². The van der Waals surface area contributed by atoms with E-state index in [0.29, 0.717) is 33.4 Å². The van der Waals surface area contributed by atoms with Gasteiger partial charge in [-0.05, 0) is 33.4 Å². The van der Waals surface area contributed by atoms with Gasteiger partial charge in [-0.1, -0.05) is 36.4 Å². The van der Waals surface area contributed by atoms with Crippen LogP contribution < -0.4 is 0 Å². The molecule has 0 fully saturated rings. The molecule has 12 heteroatoms. The van der Waals surface area contributed by atoms with Crippen molar-refractivity contribution in [2.45, 2.75) is 24.6 Å². The van der Waals surface area contributed by atoms with Crippen LogP contribution >= 0.6 is 33.5 Å². The predicted molar refractivity (Wildman–Crippen MR) is 112 cm³/mol. The number of hydrogen-bond acceptors (Lipinski definition) is 8. The zero-order valence-electron chi connectivity index (χ0n) is 14.7. The van der Waals surface area contributed by atoms with Gasteiger partial charge in [0.25, 0.3) is 0 Å². The molecule has 0 bridgehead atoms.